The SMILES string of the molecule is CC(C)=Cc1nc(-c2cccc(-c3cnn(C4CCCC4)c3)c2)sc1/C(=C/CC(=O)O)c1ccc(Cl)cc1. The molecule has 5 rings (SSSR count). The molecule has 4 aromatic rings. The summed E-state index contributed by atoms with van der Waals surface area (Å²) >= 11 is 7.71. The van der Waals surface area contributed by atoms with Crippen molar-refractivity contribution in [2.24, 2.45) is 0 Å². The molecule has 1 fully saturated rings. The molecule has 1 aliphatic carbocycles. The van der Waals surface area contributed by atoms with E-state index in [-0.39, 0.29) is 6.42 Å². The molecule has 1 N–H and O–H groups in total. The number of carboxylic acids is 1. The van der Waals surface area contributed by atoms with Crippen LogP contribution in [0.5, 0.6) is 0 Å². The molecule has 2 aromatic carbocycles. The zero-order valence-electron chi connectivity index (χ0n) is 21.5. The Bertz CT molecular complexity index is 1500. The maximum absolute atomic E-state index is 11.5. The molecule has 0 unspecified atom stereocenters. The smallest absolute Gasteiger partial charge is 0.307 e. The van der Waals surface area contributed by atoms with Gasteiger partial charge in [0.15, 0.2) is 0 Å². The van der Waals surface area contributed by atoms with Gasteiger partial charge in [-0.1, -0.05) is 66.4 Å². The lowest BCUT2D eigenvalue weighted by Crippen LogP contribution is -2.04. The molecular weight excluding hydrogens is 514 g/mol. The highest BCUT2D eigenvalue weighted by Crippen LogP contribution is 2.38. The minimum absolute atomic E-state index is 0.0834. The molecule has 0 aliphatic heterocycles. The van der Waals surface area contributed by atoms with E-state index in [1.807, 2.05) is 44.3 Å². The first kappa shape index (κ1) is 26.1. The number of aliphatic carboxylic acids is 1. The Kier molecular flexibility index (Phi) is 7.91. The average molecular weight is 544 g/mol. The third-order valence-corrected chi connectivity index (χ3v) is 8.11. The van der Waals surface area contributed by atoms with Gasteiger partial charge in [0.2, 0.25) is 0 Å². The van der Waals surface area contributed by atoms with Crippen LogP contribution >= 0.6 is 22.9 Å². The van der Waals surface area contributed by atoms with Crippen LogP contribution in [0, 0.1) is 0 Å². The van der Waals surface area contributed by atoms with E-state index in [9.17, 15) is 9.90 Å². The number of hydrogen-bond acceptors (Lipinski definition) is 4. The molecule has 0 spiro atoms. The Morgan fingerprint density at radius 2 is 1.84 bits per heavy atom. The van der Waals surface area contributed by atoms with Crippen LogP contribution in [0.4, 0.5) is 0 Å². The highest BCUT2D eigenvalue weighted by molar-refractivity contribution is 7.16. The predicted octanol–water partition coefficient (Wildman–Crippen LogP) is 8.77. The van der Waals surface area contributed by atoms with Crippen LogP contribution in [0.25, 0.3) is 33.3 Å². The third-order valence-electron chi connectivity index (χ3n) is 6.70. The lowest BCUT2D eigenvalue weighted by atomic mass is 10.0. The van der Waals surface area contributed by atoms with Gasteiger partial charge >= 0.3 is 5.97 Å². The van der Waals surface area contributed by atoms with Gasteiger partial charge in [0.1, 0.15) is 5.01 Å². The molecule has 1 aliphatic rings. The largest absolute Gasteiger partial charge is 0.481 e. The van der Waals surface area contributed by atoms with E-state index in [0.29, 0.717) is 11.1 Å². The topological polar surface area (TPSA) is 68.0 Å². The Morgan fingerprint density at radius 3 is 2.55 bits per heavy atom. The molecule has 7 heteroatoms. The minimum Gasteiger partial charge on any atom is -0.481 e. The maximum atomic E-state index is 11.5. The van der Waals surface area contributed by atoms with Crippen LogP contribution in [-0.2, 0) is 4.79 Å². The van der Waals surface area contributed by atoms with Crippen LogP contribution in [0.1, 0.15) is 68.1 Å². The quantitative estimate of drug-likeness (QED) is 0.241. The highest BCUT2D eigenvalue weighted by atomic mass is 35.5. The van der Waals surface area contributed by atoms with Crippen molar-refractivity contribution in [3.63, 3.8) is 0 Å². The molecule has 0 amide bonds. The van der Waals surface area contributed by atoms with E-state index in [4.69, 9.17) is 16.6 Å². The fourth-order valence-electron chi connectivity index (χ4n) is 4.87. The summed E-state index contributed by atoms with van der Waals surface area (Å²) in [6, 6.07) is 16.4. The lowest BCUT2D eigenvalue weighted by Gasteiger charge is -2.08. The summed E-state index contributed by atoms with van der Waals surface area (Å²) in [6.07, 6.45) is 12.8. The van der Waals surface area contributed by atoms with Gasteiger partial charge in [-0.3, -0.25) is 9.48 Å². The highest BCUT2D eigenvalue weighted by Gasteiger charge is 2.19. The van der Waals surface area contributed by atoms with E-state index in [1.165, 1.54) is 25.7 Å². The van der Waals surface area contributed by atoms with E-state index < -0.39 is 5.97 Å². The molecule has 0 saturated heterocycles. The normalized spacial score (nSPS) is 14.1. The number of aromatic nitrogens is 3. The van der Waals surface area contributed by atoms with Crippen LogP contribution in [0.15, 0.2) is 72.6 Å². The first-order valence-corrected chi connectivity index (χ1v) is 14.1. The zero-order chi connectivity index (χ0) is 26.6. The first-order valence-electron chi connectivity index (χ1n) is 12.9. The number of benzene rings is 2. The fourth-order valence-corrected chi connectivity index (χ4v) is 6.10. The number of carbonyl (C=O) groups is 1. The number of rotatable bonds is 8. The van der Waals surface area contributed by atoms with E-state index in [1.54, 1.807) is 17.4 Å². The number of nitrogens with zero attached hydrogens (tertiary/aromatic N) is 3. The first-order chi connectivity index (χ1) is 18.4. The van der Waals surface area contributed by atoms with E-state index >= 15 is 0 Å². The van der Waals surface area contributed by atoms with Gasteiger partial charge in [-0.2, -0.15) is 5.10 Å². The van der Waals surface area contributed by atoms with Gasteiger partial charge in [0, 0.05) is 22.3 Å². The van der Waals surface area contributed by atoms with Crippen LogP contribution in [0.3, 0.4) is 0 Å². The van der Waals surface area contributed by atoms with Crippen molar-refractivity contribution in [2.45, 2.75) is 52.0 Å². The van der Waals surface area contributed by atoms with Gasteiger partial charge in [-0.15, -0.1) is 11.3 Å². The zero-order valence-corrected chi connectivity index (χ0v) is 23.1. The summed E-state index contributed by atoms with van der Waals surface area (Å²) in [5.74, 6) is -0.879. The van der Waals surface area contributed by atoms with Gasteiger partial charge in [-0.05, 0) is 67.7 Å². The second-order valence-corrected chi connectivity index (χ2v) is 11.3. The standard InChI is InChI=1S/C31H30ClN3O2S/c1-20(2)16-28-30(27(14-15-29(36)37)21-10-12-25(32)13-11-21)38-31(34-28)23-7-5-6-22(17-23)24-18-33-35(19-24)26-8-3-4-9-26/h5-7,10-14,16-19,26H,3-4,8-9,15H2,1-2H3,(H,36,37)/b27-14+. The van der Waals surface area contributed by atoms with Crippen LogP contribution in [-0.4, -0.2) is 25.8 Å². The second kappa shape index (κ2) is 11.5. The van der Waals surface area contributed by atoms with Crippen molar-refractivity contribution in [3.05, 3.63) is 93.7 Å². The Morgan fingerprint density at radius 1 is 1.11 bits per heavy atom. The molecular formula is C31H30ClN3O2S. The molecule has 0 atom stereocenters. The van der Waals surface area contributed by atoms with E-state index in [0.717, 1.165) is 49.0 Å². The number of carboxylic acid groups (broad SMARTS) is 1. The van der Waals surface area contributed by atoms with Crippen molar-refractivity contribution >= 4 is 40.6 Å². The Hall–Kier alpha value is -3.48. The molecule has 2 aromatic heterocycles. The van der Waals surface area contributed by atoms with Crippen molar-refractivity contribution in [1.82, 2.24) is 14.8 Å². The molecule has 5 nitrogen and oxygen atoms in total. The fraction of sp³-hybridized carbons (Fsp3) is 0.258. The molecule has 2 heterocycles. The predicted molar refractivity (Wildman–Crippen MR) is 156 cm³/mol. The van der Waals surface area contributed by atoms with Gasteiger partial charge < -0.3 is 5.11 Å². The molecule has 0 bridgehead atoms. The van der Waals surface area contributed by atoms with Gasteiger partial charge in [0.25, 0.3) is 0 Å². The van der Waals surface area contributed by atoms with Gasteiger partial charge in [-0.25, -0.2) is 4.98 Å². The van der Waals surface area contributed by atoms with E-state index in [2.05, 4.69) is 46.3 Å². The van der Waals surface area contributed by atoms with Crippen molar-refractivity contribution in [2.75, 3.05) is 0 Å². The summed E-state index contributed by atoms with van der Waals surface area (Å²) in [6.45, 7) is 4.07. The molecule has 194 valence electrons. The number of allylic oxidation sites excluding steroid dienone is 1. The second-order valence-electron chi connectivity index (χ2n) is 9.91. The molecule has 0 radical (unpaired) electrons. The number of thiazole rings is 1. The number of halogens is 1. The number of hydrogen-bond donors (Lipinski definition) is 1. The summed E-state index contributed by atoms with van der Waals surface area (Å²) in [5.41, 5.74) is 6.91. The summed E-state index contributed by atoms with van der Waals surface area (Å²) in [4.78, 5) is 17.4. The summed E-state index contributed by atoms with van der Waals surface area (Å²) < 4.78 is 2.12. The molecule has 38 heavy (non-hydrogen) atoms. The summed E-state index contributed by atoms with van der Waals surface area (Å²) in [5, 5.41) is 15.6. The Labute approximate surface area is 232 Å². The van der Waals surface area contributed by atoms with Crippen molar-refractivity contribution in [1.29, 1.82) is 0 Å². The minimum atomic E-state index is -0.879. The summed E-state index contributed by atoms with van der Waals surface area (Å²) in [7, 11) is 0. The van der Waals surface area contributed by atoms with Crippen molar-refractivity contribution in [3.8, 4) is 21.7 Å². The maximum Gasteiger partial charge on any atom is 0.307 e. The average Bonchev–Trinajstić information content (AvgIpc) is 3.66. The Balaban J connectivity index is 1.56. The van der Waals surface area contributed by atoms with Crippen LogP contribution < -0.4 is 0 Å². The van der Waals surface area contributed by atoms with Crippen molar-refractivity contribution < 1.29 is 9.90 Å². The molecule has 1 saturated carbocycles. The van der Waals surface area contributed by atoms with Crippen LogP contribution in [0.2, 0.25) is 5.02 Å². The third kappa shape index (κ3) is 5.98. The lowest BCUT2D eigenvalue weighted by molar-refractivity contribution is -0.135. The monoisotopic (exact) mass is 543 g/mol. The van der Waals surface area contributed by atoms with Gasteiger partial charge in [0.05, 0.1) is 29.2 Å².